The van der Waals surface area contributed by atoms with Crippen LogP contribution >= 0.6 is 0 Å². The second-order valence-electron chi connectivity index (χ2n) is 3.08. The van der Waals surface area contributed by atoms with Gasteiger partial charge < -0.3 is 10.8 Å². The van der Waals surface area contributed by atoms with Crippen molar-refractivity contribution in [2.24, 2.45) is 5.73 Å². The number of rotatable bonds is 1. The lowest BCUT2D eigenvalue weighted by Crippen LogP contribution is -2.28. The minimum atomic E-state index is -4.53. The summed E-state index contributed by atoms with van der Waals surface area (Å²) in [6.07, 6.45) is -4.53. The van der Waals surface area contributed by atoms with Gasteiger partial charge in [-0.15, -0.1) is 0 Å². The Morgan fingerprint density at radius 2 is 1.93 bits per heavy atom. The molecular weight excluding hydrogens is 195 g/mol. The van der Waals surface area contributed by atoms with Crippen molar-refractivity contribution in [3.63, 3.8) is 0 Å². The summed E-state index contributed by atoms with van der Waals surface area (Å²) in [4.78, 5) is 0. The van der Waals surface area contributed by atoms with Gasteiger partial charge in [-0.25, -0.2) is 0 Å². The average molecular weight is 205 g/mol. The molecule has 0 saturated heterocycles. The molecule has 1 atom stereocenters. The largest absolute Gasteiger partial charge is 0.508 e. The highest BCUT2D eigenvalue weighted by atomic mass is 19.4. The minimum absolute atomic E-state index is 0.303. The monoisotopic (exact) mass is 205 g/mol. The first kappa shape index (κ1) is 10.8. The van der Waals surface area contributed by atoms with Crippen LogP contribution in [0.1, 0.15) is 17.2 Å². The number of aromatic hydroxyl groups is 1. The predicted octanol–water partition coefficient (Wildman–Crippen LogP) is 2.26. The second-order valence-corrected chi connectivity index (χ2v) is 3.08. The molecule has 5 heteroatoms. The number of hydrogen-bond donors (Lipinski definition) is 2. The summed E-state index contributed by atoms with van der Waals surface area (Å²) < 4.78 is 36.5. The molecule has 0 amide bonds. The van der Waals surface area contributed by atoms with E-state index in [0.29, 0.717) is 5.56 Å². The Morgan fingerprint density at radius 1 is 1.36 bits per heavy atom. The first-order valence-corrected chi connectivity index (χ1v) is 3.94. The minimum Gasteiger partial charge on any atom is -0.508 e. The highest BCUT2D eigenvalue weighted by molar-refractivity contribution is 5.38. The first-order valence-electron chi connectivity index (χ1n) is 3.94. The number of hydrogen-bond acceptors (Lipinski definition) is 2. The molecular formula is C9H10F3NO. The van der Waals surface area contributed by atoms with Crippen molar-refractivity contribution in [1.82, 2.24) is 0 Å². The number of alkyl halides is 3. The molecule has 14 heavy (non-hydrogen) atoms. The van der Waals surface area contributed by atoms with Gasteiger partial charge in [-0.1, -0.05) is 12.1 Å². The van der Waals surface area contributed by atoms with Gasteiger partial charge in [-0.05, 0) is 18.6 Å². The van der Waals surface area contributed by atoms with E-state index in [1.54, 1.807) is 6.92 Å². The number of halogens is 3. The molecule has 0 fully saturated rings. The molecule has 0 aliphatic rings. The van der Waals surface area contributed by atoms with Crippen molar-refractivity contribution < 1.29 is 18.3 Å². The van der Waals surface area contributed by atoms with Crippen LogP contribution in [0.5, 0.6) is 5.75 Å². The molecule has 0 heterocycles. The highest BCUT2D eigenvalue weighted by Crippen LogP contribution is 2.34. The predicted molar refractivity (Wildman–Crippen MR) is 45.8 cm³/mol. The molecule has 0 aliphatic carbocycles. The molecule has 0 bridgehead atoms. The van der Waals surface area contributed by atoms with Gasteiger partial charge in [0.25, 0.3) is 0 Å². The lowest BCUT2D eigenvalue weighted by Gasteiger charge is -2.17. The van der Waals surface area contributed by atoms with Gasteiger partial charge in [-0.3, -0.25) is 0 Å². The summed E-state index contributed by atoms with van der Waals surface area (Å²) in [7, 11) is 0. The van der Waals surface area contributed by atoms with Crippen LogP contribution in [0.25, 0.3) is 0 Å². The maximum absolute atomic E-state index is 12.2. The zero-order chi connectivity index (χ0) is 10.9. The number of phenolic OH excluding ortho intramolecular Hbond substituents is 1. The fourth-order valence-corrected chi connectivity index (χ4v) is 1.09. The lowest BCUT2D eigenvalue weighted by atomic mass is 10.0. The van der Waals surface area contributed by atoms with E-state index in [-0.39, 0.29) is 5.56 Å². The summed E-state index contributed by atoms with van der Waals surface area (Å²) in [6, 6.07) is 1.77. The third-order valence-electron chi connectivity index (χ3n) is 1.87. The van der Waals surface area contributed by atoms with Gasteiger partial charge in [0.2, 0.25) is 0 Å². The van der Waals surface area contributed by atoms with Crippen LogP contribution in [-0.4, -0.2) is 11.3 Å². The van der Waals surface area contributed by atoms with Crippen molar-refractivity contribution >= 4 is 0 Å². The van der Waals surface area contributed by atoms with Gasteiger partial charge in [0.1, 0.15) is 11.8 Å². The van der Waals surface area contributed by atoms with Crippen molar-refractivity contribution in [3.05, 3.63) is 29.3 Å². The SMILES string of the molecule is Cc1ccc([C@@H](N)C(F)(F)F)c(O)c1. The van der Waals surface area contributed by atoms with E-state index in [0.717, 1.165) is 0 Å². The maximum atomic E-state index is 12.2. The zero-order valence-corrected chi connectivity index (χ0v) is 7.47. The first-order chi connectivity index (χ1) is 6.32. The van der Waals surface area contributed by atoms with Crippen LogP contribution < -0.4 is 5.73 Å². The molecule has 0 radical (unpaired) electrons. The topological polar surface area (TPSA) is 46.2 Å². The molecule has 0 spiro atoms. The summed E-state index contributed by atoms with van der Waals surface area (Å²) >= 11 is 0. The molecule has 3 N–H and O–H groups in total. The molecule has 0 aromatic heterocycles. The number of nitrogens with two attached hydrogens (primary N) is 1. The molecule has 1 rings (SSSR count). The van der Waals surface area contributed by atoms with Crippen LogP contribution in [0.15, 0.2) is 18.2 Å². The van der Waals surface area contributed by atoms with E-state index in [2.05, 4.69) is 0 Å². The van der Waals surface area contributed by atoms with E-state index in [1.807, 2.05) is 0 Å². The fraction of sp³-hybridized carbons (Fsp3) is 0.333. The number of aryl methyl sites for hydroxylation is 1. The number of benzene rings is 1. The van der Waals surface area contributed by atoms with Gasteiger partial charge in [0, 0.05) is 5.56 Å². The van der Waals surface area contributed by atoms with Gasteiger partial charge in [0.15, 0.2) is 0 Å². The normalized spacial score (nSPS) is 14.1. The molecule has 0 unspecified atom stereocenters. The van der Waals surface area contributed by atoms with E-state index < -0.39 is 18.0 Å². The smallest absolute Gasteiger partial charge is 0.407 e. The standard InChI is InChI=1S/C9H10F3NO/c1-5-2-3-6(7(14)4-5)8(13)9(10,11)12/h2-4,8,14H,13H2,1H3/t8-/m1/s1. The second kappa shape index (κ2) is 3.49. The highest BCUT2D eigenvalue weighted by Gasteiger charge is 2.39. The Hall–Kier alpha value is -1.23. The van der Waals surface area contributed by atoms with Crippen molar-refractivity contribution in [2.45, 2.75) is 19.1 Å². The van der Waals surface area contributed by atoms with Crippen LogP contribution in [0.3, 0.4) is 0 Å². The third kappa shape index (κ3) is 2.17. The Balaban J connectivity index is 3.08. The van der Waals surface area contributed by atoms with E-state index >= 15 is 0 Å². The third-order valence-corrected chi connectivity index (χ3v) is 1.87. The summed E-state index contributed by atoms with van der Waals surface area (Å²) in [6.45, 7) is 1.67. The molecule has 0 aliphatic heterocycles. The molecule has 0 saturated carbocycles. The van der Waals surface area contributed by atoms with Gasteiger partial charge in [0.05, 0.1) is 0 Å². The quantitative estimate of drug-likeness (QED) is 0.738. The van der Waals surface area contributed by atoms with Crippen LogP contribution in [0.4, 0.5) is 13.2 Å². The summed E-state index contributed by atoms with van der Waals surface area (Å²) in [5.74, 6) is -0.421. The Labute approximate surface area is 79.2 Å². The Kier molecular flexibility index (Phi) is 2.71. The molecule has 1 aromatic rings. The summed E-state index contributed by atoms with van der Waals surface area (Å²) in [5, 5.41) is 9.25. The average Bonchev–Trinajstić information content (AvgIpc) is 2.01. The molecule has 1 aromatic carbocycles. The van der Waals surface area contributed by atoms with Crippen LogP contribution in [0, 0.1) is 6.92 Å². The van der Waals surface area contributed by atoms with Crippen molar-refractivity contribution in [1.29, 1.82) is 0 Å². The molecule has 78 valence electrons. The van der Waals surface area contributed by atoms with Gasteiger partial charge >= 0.3 is 6.18 Å². The lowest BCUT2D eigenvalue weighted by molar-refractivity contribution is -0.149. The Morgan fingerprint density at radius 3 is 2.36 bits per heavy atom. The molecule has 2 nitrogen and oxygen atoms in total. The number of phenols is 1. The van der Waals surface area contributed by atoms with Crippen molar-refractivity contribution in [3.8, 4) is 5.75 Å². The van der Waals surface area contributed by atoms with E-state index in [9.17, 15) is 18.3 Å². The van der Waals surface area contributed by atoms with Gasteiger partial charge in [-0.2, -0.15) is 13.2 Å². The zero-order valence-electron chi connectivity index (χ0n) is 7.47. The van der Waals surface area contributed by atoms with Crippen molar-refractivity contribution in [2.75, 3.05) is 0 Å². The maximum Gasteiger partial charge on any atom is 0.407 e. The van der Waals surface area contributed by atoms with Crippen LogP contribution in [0.2, 0.25) is 0 Å². The summed E-state index contributed by atoms with van der Waals surface area (Å²) in [5.41, 5.74) is 5.32. The Bertz CT molecular complexity index is 335. The van der Waals surface area contributed by atoms with E-state index in [1.165, 1.54) is 18.2 Å². The van der Waals surface area contributed by atoms with E-state index in [4.69, 9.17) is 5.73 Å². The fourth-order valence-electron chi connectivity index (χ4n) is 1.09. The van der Waals surface area contributed by atoms with Crippen LogP contribution in [-0.2, 0) is 0 Å².